The number of nitrogens with zero attached hydrogens (tertiary/aromatic N) is 2. The van der Waals surface area contributed by atoms with Crippen LogP contribution >= 0.6 is 0 Å². The summed E-state index contributed by atoms with van der Waals surface area (Å²) >= 11 is 0. The molecule has 28 heavy (non-hydrogen) atoms. The van der Waals surface area contributed by atoms with Crippen molar-refractivity contribution in [3.63, 3.8) is 0 Å². The Morgan fingerprint density at radius 1 is 1.14 bits per heavy atom. The Morgan fingerprint density at radius 2 is 1.96 bits per heavy atom. The Kier molecular flexibility index (Phi) is 4.68. The minimum absolute atomic E-state index is 0.00432. The standard InChI is InChI=1S/C18H20N4O5S/c1-11-9-15(21-27-11)16-5-3-2-4-8-22(16)28(25,26)12-6-7-14-13(10-12)17(23)20-18(24)19-14/h6-7,9-10,16H,2-5,8H2,1H3,(H2,19,20,23,24). The van der Waals surface area contributed by atoms with E-state index in [2.05, 4.69) is 15.1 Å². The number of hydrogen-bond donors (Lipinski definition) is 2. The molecule has 3 heterocycles. The van der Waals surface area contributed by atoms with E-state index in [1.165, 1.54) is 22.5 Å². The Morgan fingerprint density at radius 3 is 2.71 bits per heavy atom. The minimum atomic E-state index is -3.88. The minimum Gasteiger partial charge on any atom is -0.361 e. The number of benzene rings is 1. The second-order valence-corrected chi connectivity index (χ2v) is 8.85. The molecule has 2 N–H and O–H groups in total. The van der Waals surface area contributed by atoms with Gasteiger partial charge in [-0.15, -0.1) is 0 Å². The van der Waals surface area contributed by atoms with Crippen LogP contribution in [0.5, 0.6) is 0 Å². The third-order valence-electron chi connectivity index (χ3n) is 5.01. The molecule has 1 atom stereocenters. The van der Waals surface area contributed by atoms with Crippen LogP contribution < -0.4 is 11.2 Å². The lowest BCUT2D eigenvalue weighted by Crippen LogP contribution is -2.35. The monoisotopic (exact) mass is 404 g/mol. The van der Waals surface area contributed by atoms with Crippen molar-refractivity contribution < 1.29 is 12.9 Å². The normalized spacial score (nSPS) is 19.0. The summed E-state index contributed by atoms with van der Waals surface area (Å²) in [5, 5.41) is 4.15. The van der Waals surface area contributed by atoms with Gasteiger partial charge in [0.25, 0.3) is 5.56 Å². The zero-order chi connectivity index (χ0) is 19.9. The van der Waals surface area contributed by atoms with Gasteiger partial charge in [0.1, 0.15) is 11.5 Å². The third-order valence-corrected chi connectivity index (χ3v) is 6.91. The first-order chi connectivity index (χ1) is 13.4. The maximum Gasteiger partial charge on any atom is 0.326 e. The van der Waals surface area contributed by atoms with Crippen molar-refractivity contribution in [2.24, 2.45) is 0 Å². The second kappa shape index (κ2) is 7.02. The molecule has 0 saturated carbocycles. The molecule has 1 saturated heterocycles. The molecule has 0 amide bonds. The number of fused-ring (bicyclic) bond motifs is 1. The summed E-state index contributed by atoms with van der Waals surface area (Å²) in [5.74, 6) is 0.623. The molecule has 1 aliphatic heterocycles. The average Bonchev–Trinajstić information content (AvgIpc) is 2.92. The summed E-state index contributed by atoms with van der Waals surface area (Å²) < 4.78 is 33.5. The van der Waals surface area contributed by atoms with Crippen molar-refractivity contribution in [3.8, 4) is 0 Å². The van der Waals surface area contributed by atoms with E-state index in [1.807, 2.05) is 0 Å². The summed E-state index contributed by atoms with van der Waals surface area (Å²) in [6.07, 6.45) is 3.21. The van der Waals surface area contributed by atoms with Gasteiger partial charge in [-0.2, -0.15) is 4.31 Å². The van der Waals surface area contributed by atoms with Crippen LogP contribution in [0.3, 0.4) is 0 Å². The van der Waals surface area contributed by atoms with Crippen LogP contribution in [0, 0.1) is 6.92 Å². The Bertz CT molecular complexity index is 1240. The van der Waals surface area contributed by atoms with E-state index >= 15 is 0 Å². The van der Waals surface area contributed by atoms with Crippen LogP contribution in [0.2, 0.25) is 0 Å². The number of aromatic nitrogens is 3. The molecule has 4 rings (SSSR count). The van der Waals surface area contributed by atoms with Crippen LogP contribution in [-0.4, -0.2) is 34.4 Å². The number of H-pyrrole nitrogens is 2. The zero-order valence-corrected chi connectivity index (χ0v) is 16.1. The maximum absolute atomic E-state index is 13.4. The molecular formula is C18H20N4O5S. The molecule has 1 aliphatic rings. The summed E-state index contributed by atoms with van der Waals surface area (Å²) in [6, 6.07) is 5.48. The van der Waals surface area contributed by atoms with Crippen molar-refractivity contribution in [2.75, 3.05) is 6.54 Å². The predicted molar refractivity (Wildman–Crippen MR) is 102 cm³/mol. The van der Waals surface area contributed by atoms with E-state index in [4.69, 9.17) is 4.52 Å². The van der Waals surface area contributed by atoms with Crippen LogP contribution in [0.25, 0.3) is 10.9 Å². The highest BCUT2D eigenvalue weighted by molar-refractivity contribution is 7.89. The van der Waals surface area contributed by atoms with Crippen LogP contribution in [0.1, 0.15) is 43.2 Å². The predicted octanol–water partition coefficient (Wildman–Crippen LogP) is 1.82. The van der Waals surface area contributed by atoms with Crippen LogP contribution in [-0.2, 0) is 10.0 Å². The first-order valence-electron chi connectivity index (χ1n) is 9.08. The van der Waals surface area contributed by atoms with Crippen molar-refractivity contribution in [2.45, 2.75) is 43.5 Å². The van der Waals surface area contributed by atoms with Gasteiger partial charge in [0.2, 0.25) is 10.0 Å². The molecular weight excluding hydrogens is 384 g/mol. The lowest BCUT2D eigenvalue weighted by Gasteiger charge is -2.27. The van der Waals surface area contributed by atoms with Gasteiger partial charge in [0.15, 0.2) is 0 Å². The number of hydrogen-bond acceptors (Lipinski definition) is 6. The van der Waals surface area contributed by atoms with Crippen molar-refractivity contribution in [1.82, 2.24) is 19.4 Å². The Hall–Kier alpha value is -2.72. The van der Waals surface area contributed by atoms with E-state index in [0.717, 1.165) is 19.3 Å². The molecule has 1 unspecified atom stereocenters. The summed E-state index contributed by atoms with van der Waals surface area (Å²) in [5.41, 5.74) is -0.393. The number of aryl methyl sites for hydroxylation is 1. The van der Waals surface area contributed by atoms with Gasteiger partial charge in [0.05, 0.1) is 21.8 Å². The van der Waals surface area contributed by atoms with Crippen molar-refractivity contribution in [1.29, 1.82) is 0 Å². The molecule has 3 aromatic rings. The van der Waals surface area contributed by atoms with Crippen molar-refractivity contribution in [3.05, 3.63) is 56.6 Å². The molecule has 2 aromatic heterocycles. The third kappa shape index (κ3) is 3.29. The molecule has 148 valence electrons. The molecule has 0 spiro atoms. The quantitative estimate of drug-likeness (QED) is 0.685. The number of rotatable bonds is 3. The molecule has 1 aromatic carbocycles. The first kappa shape index (κ1) is 18.6. The SMILES string of the molecule is Cc1cc(C2CCCCCN2S(=O)(=O)c2ccc3[nH]c(=O)[nH]c(=O)c3c2)no1. The first-order valence-corrected chi connectivity index (χ1v) is 10.5. The van der Waals surface area contributed by atoms with Gasteiger partial charge < -0.3 is 9.51 Å². The largest absolute Gasteiger partial charge is 0.361 e. The molecule has 10 heteroatoms. The molecule has 0 aliphatic carbocycles. The van der Waals surface area contributed by atoms with Crippen molar-refractivity contribution >= 4 is 20.9 Å². The lowest BCUT2D eigenvalue weighted by atomic mass is 10.1. The van der Waals surface area contributed by atoms with Gasteiger partial charge >= 0.3 is 5.69 Å². The van der Waals surface area contributed by atoms with Gasteiger partial charge in [-0.25, -0.2) is 13.2 Å². The maximum atomic E-state index is 13.4. The second-order valence-electron chi connectivity index (χ2n) is 6.96. The molecule has 9 nitrogen and oxygen atoms in total. The Labute approximate surface area is 160 Å². The van der Waals surface area contributed by atoms with E-state index in [-0.39, 0.29) is 15.8 Å². The molecule has 0 radical (unpaired) electrons. The number of sulfonamides is 1. The van der Waals surface area contributed by atoms with Gasteiger partial charge in [-0.1, -0.05) is 18.0 Å². The summed E-state index contributed by atoms with van der Waals surface area (Å²) in [6.45, 7) is 2.13. The molecule has 0 bridgehead atoms. The van der Waals surface area contributed by atoms with E-state index in [9.17, 15) is 18.0 Å². The highest BCUT2D eigenvalue weighted by Gasteiger charge is 2.35. The smallest absolute Gasteiger partial charge is 0.326 e. The van der Waals surface area contributed by atoms with Gasteiger partial charge in [-0.05, 0) is 38.0 Å². The fourth-order valence-corrected chi connectivity index (χ4v) is 5.34. The van der Waals surface area contributed by atoms with E-state index < -0.39 is 27.3 Å². The summed E-state index contributed by atoms with van der Waals surface area (Å²) in [7, 11) is -3.88. The van der Waals surface area contributed by atoms with Gasteiger partial charge in [-0.3, -0.25) is 9.78 Å². The zero-order valence-electron chi connectivity index (χ0n) is 15.3. The fraction of sp³-hybridized carbons (Fsp3) is 0.389. The number of nitrogens with one attached hydrogen (secondary N) is 2. The van der Waals surface area contributed by atoms with Gasteiger partial charge in [0, 0.05) is 12.6 Å². The summed E-state index contributed by atoms with van der Waals surface area (Å²) in [4.78, 5) is 28.1. The highest BCUT2D eigenvalue weighted by Crippen LogP contribution is 2.34. The lowest BCUT2D eigenvalue weighted by molar-refractivity contribution is 0.304. The molecule has 1 fully saturated rings. The highest BCUT2D eigenvalue weighted by atomic mass is 32.2. The van der Waals surface area contributed by atoms with E-state index in [0.29, 0.717) is 24.4 Å². The topological polar surface area (TPSA) is 129 Å². The van der Waals surface area contributed by atoms with Crippen LogP contribution in [0.15, 0.2) is 43.3 Å². The average molecular weight is 404 g/mol. The van der Waals surface area contributed by atoms with Crippen LogP contribution in [0.4, 0.5) is 0 Å². The Balaban J connectivity index is 1.82. The fourth-order valence-electron chi connectivity index (χ4n) is 3.65. The number of aromatic amines is 2. The van der Waals surface area contributed by atoms with E-state index in [1.54, 1.807) is 13.0 Å².